The van der Waals surface area contributed by atoms with E-state index >= 15 is 0 Å². The number of nitrogens with zero attached hydrogens (tertiary/aromatic N) is 5. The van der Waals surface area contributed by atoms with E-state index in [0.29, 0.717) is 22.8 Å². The van der Waals surface area contributed by atoms with Crippen molar-refractivity contribution in [2.45, 2.75) is 45.1 Å². The van der Waals surface area contributed by atoms with Gasteiger partial charge in [-0.3, -0.25) is 9.78 Å². The molecule has 1 fully saturated rings. The third-order valence-electron chi connectivity index (χ3n) is 6.13. The molecule has 1 aromatic carbocycles. The van der Waals surface area contributed by atoms with Crippen molar-refractivity contribution in [2.24, 2.45) is 0 Å². The van der Waals surface area contributed by atoms with Gasteiger partial charge in [-0.05, 0) is 68.9 Å². The smallest absolute Gasteiger partial charge is 0.259 e. The molecule has 0 bridgehead atoms. The first-order valence-electron chi connectivity index (χ1n) is 10.5. The van der Waals surface area contributed by atoms with Crippen molar-refractivity contribution in [3.63, 3.8) is 0 Å². The molecule has 0 spiro atoms. The second-order valence-electron chi connectivity index (χ2n) is 8.03. The summed E-state index contributed by atoms with van der Waals surface area (Å²) in [5.41, 5.74) is 5.32. The first-order chi connectivity index (χ1) is 14.2. The Morgan fingerprint density at radius 2 is 1.93 bits per heavy atom. The molecule has 29 heavy (non-hydrogen) atoms. The van der Waals surface area contributed by atoms with Crippen LogP contribution in [-0.4, -0.2) is 40.0 Å². The Bertz CT molecular complexity index is 1070. The number of aryl methyl sites for hydroxylation is 1. The van der Waals surface area contributed by atoms with Gasteiger partial charge < -0.3 is 9.80 Å². The van der Waals surface area contributed by atoms with Crippen LogP contribution in [0.2, 0.25) is 0 Å². The highest BCUT2D eigenvalue weighted by molar-refractivity contribution is 6.07. The van der Waals surface area contributed by atoms with Gasteiger partial charge in [-0.1, -0.05) is 0 Å². The molecule has 6 nitrogen and oxygen atoms in total. The highest BCUT2D eigenvalue weighted by Crippen LogP contribution is 2.34. The van der Waals surface area contributed by atoms with Crippen LogP contribution >= 0.6 is 0 Å². The number of rotatable bonds is 2. The van der Waals surface area contributed by atoms with Gasteiger partial charge in [-0.25, -0.2) is 9.97 Å². The van der Waals surface area contributed by atoms with E-state index in [1.807, 2.05) is 4.90 Å². The molecule has 3 aromatic rings. The lowest BCUT2D eigenvalue weighted by molar-refractivity contribution is 0.0985. The number of hydrogen-bond donors (Lipinski definition) is 0. The van der Waals surface area contributed by atoms with E-state index in [-0.39, 0.29) is 5.91 Å². The molecular formula is C23H25N5O. The van der Waals surface area contributed by atoms with Crippen LogP contribution in [0.1, 0.15) is 48.5 Å². The summed E-state index contributed by atoms with van der Waals surface area (Å²) < 4.78 is 0. The molecule has 0 saturated carbocycles. The molecule has 2 aromatic heterocycles. The van der Waals surface area contributed by atoms with Crippen LogP contribution in [0.4, 0.5) is 11.4 Å². The second-order valence-corrected chi connectivity index (χ2v) is 8.03. The van der Waals surface area contributed by atoms with Gasteiger partial charge in [0.25, 0.3) is 5.91 Å². The Balaban J connectivity index is 1.46. The summed E-state index contributed by atoms with van der Waals surface area (Å²) >= 11 is 0. The lowest BCUT2D eigenvalue weighted by Gasteiger charge is -2.37. The number of amides is 1. The fourth-order valence-electron chi connectivity index (χ4n) is 4.59. The summed E-state index contributed by atoms with van der Waals surface area (Å²) in [6.45, 7) is 4.15. The Kier molecular flexibility index (Phi) is 4.62. The number of carbonyl (C=O) groups is 1. The van der Waals surface area contributed by atoms with Crippen LogP contribution in [0.15, 0.2) is 42.9 Å². The summed E-state index contributed by atoms with van der Waals surface area (Å²) in [6, 6.07) is 8.96. The molecule has 148 valence electrons. The molecule has 1 saturated heterocycles. The van der Waals surface area contributed by atoms with Gasteiger partial charge >= 0.3 is 0 Å². The number of benzene rings is 1. The van der Waals surface area contributed by atoms with Crippen molar-refractivity contribution in [3.8, 4) is 0 Å². The Labute approximate surface area is 170 Å². The van der Waals surface area contributed by atoms with Crippen LogP contribution in [0.3, 0.4) is 0 Å². The minimum absolute atomic E-state index is 0.0231. The standard InChI is InChI=1S/C23H25N5O/c1-16-5-2-3-11-27(16)19-7-8-21-17(13-19)6-4-12-28(21)23(29)18-14-20-22(26-15-18)25-10-9-24-20/h7-10,13-16H,2-6,11-12H2,1H3. The molecule has 4 heterocycles. The molecule has 5 rings (SSSR count). The van der Waals surface area contributed by atoms with Crippen LogP contribution in [-0.2, 0) is 6.42 Å². The van der Waals surface area contributed by atoms with Gasteiger partial charge in [0.05, 0.1) is 5.56 Å². The number of aromatic nitrogens is 3. The SMILES string of the molecule is CC1CCCCN1c1ccc2c(c1)CCCN2C(=O)c1cnc2nccnc2c1. The maximum absolute atomic E-state index is 13.3. The lowest BCUT2D eigenvalue weighted by Crippen LogP contribution is -2.38. The fourth-order valence-corrected chi connectivity index (χ4v) is 4.59. The molecule has 1 unspecified atom stereocenters. The minimum atomic E-state index is -0.0231. The largest absolute Gasteiger partial charge is 0.369 e. The van der Waals surface area contributed by atoms with Crippen molar-refractivity contribution >= 4 is 28.4 Å². The predicted molar refractivity (Wildman–Crippen MR) is 114 cm³/mol. The van der Waals surface area contributed by atoms with E-state index in [1.165, 1.54) is 30.5 Å². The number of fused-ring (bicyclic) bond motifs is 2. The lowest BCUT2D eigenvalue weighted by atomic mass is 9.97. The molecule has 6 heteroatoms. The minimum Gasteiger partial charge on any atom is -0.369 e. The third-order valence-corrected chi connectivity index (χ3v) is 6.13. The van der Waals surface area contributed by atoms with Gasteiger partial charge in [-0.15, -0.1) is 0 Å². The number of hydrogen-bond acceptors (Lipinski definition) is 5. The Hall–Kier alpha value is -3.02. The van der Waals surface area contributed by atoms with Crippen molar-refractivity contribution in [2.75, 3.05) is 22.9 Å². The molecule has 0 aliphatic carbocycles. The van der Waals surface area contributed by atoms with E-state index in [0.717, 1.165) is 31.6 Å². The summed E-state index contributed by atoms with van der Waals surface area (Å²) in [7, 11) is 0. The molecule has 1 atom stereocenters. The van der Waals surface area contributed by atoms with E-state index < -0.39 is 0 Å². The predicted octanol–water partition coefficient (Wildman–Crippen LogP) is 4.00. The number of pyridine rings is 1. The van der Waals surface area contributed by atoms with E-state index in [9.17, 15) is 4.79 Å². The zero-order valence-electron chi connectivity index (χ0n) is 16.7. The van der Waals surface area contributed by atoms with Crippen molar-refractivity contribution in [3.05, 3.63) is 54.0 Å². The highest BCUT2D eigenvalue weighted by atomic mass is 16.2. The maximum atomic E-state index is 13.3. The highest BCUT2D eigenvalue weighted by Gasteiger charge is 2.26. The Morgan fingerprint density at radius 1 is 1.03 bits per heavy atom. The zero-order chi connectivity index (χ0) is 19.8. The normalized spacial score (nSPS) is 19.3. The van der Waals surface area contributed by atoms with Gasteiger partial charge in [0.2, 0.25) is 0 Å². The average molecular weight is 387 g/mol. The molecule has 0 radical (unpaired) electrons. The number of piperidine rings is 1. The molecule has 2 aliphatic heterocycles. The molecule has 2 aliphatic rings. The maximum Gasteiger partial charge on any atom is 0.259 e. The number of anilines is 2. The summed E-state index contributed by atoms with van der Waals surface area (Å²) in [5.74, 6) is -0.0231. The number of carbonyl (C=O) groups excluding carboxylic acids is 1. The molecule has 1 amide bonds. The first-order valence-corrected chi connectivity index (χ1v) is 10.5. The van der Waals surface area contributed by atoms with Crippen molar-refractivity contribution in [1.82, 2.24) is 15.0 Å². The monoisotopic (exact) mass is 387 g/mol. The van der Waals surface area contributed by atoms with Gasteiger partial charge in [0.1, 0.15) is 5.52 Å². The van der Waals surface area contributed by atoms with Crippen LogP contribution in [0, 0.1) is 0 Å². The van der Waals surface area contributed by atoms with Crippen molar-refractivity contribution < 1.29 is 4.79 Å². The van der Waals surface area contributed by atoms with Crippen LogP contribution in [0.5, 0.6) is 0 Å². The average Bonchev–Trinajstić information content (AvgIpc) is 2.78. The van der Waals surface area contributed by atoms with E-state index in [4.69, 9.17) is 0 Å². The van der Waals surface area contributed by atoms with Crippen molar-refractivity contribution in [1.29, 1.82) is 0 Å². The quantitative estimate of drug-likeness (QED) is 0.665. The van der Waals surface area contributed by atoms with E-state index in [1.54, 1.807) is 24.7 Å². The van der Waals surface area contributed by atoms with Crippen LogP contribution in [0.25, 0.3) is 11.2 Å². The third kappa shape index (κ3) is 3.33. The summed E-state index contributed by atoms with van der Waals surface area (Å²) in [4.78, 5) is 30.5. The molecular weight excluding hydrogens is 362 g/mol. The topological polar surface area (TPSA) is 62.2 Å². The fraction of sp³-hybridized carbons (Fsp3) is 0.391. The van der Waals surface area contributed by atoms with Crippen LogP contribution < -0.4 is 9.80 Å². The van der Waals surface area contributed by atoms with E-state index in [2.05, 4.69) is 45.0 Å². The zero-order valence-corrected chi connectivity index (χ0v) is 16.7. The van der Waals surface area contributed by atoms with Gasteiger partial charge in [-0.2, -0.15) is 0 Å². The first kappa shape index (κ1) is 18.0. The van der Waals surface area contributed by atoms with Gasteiger partial charge in [0.15, 0.2) is 5.65 Å². The molecule has 0 N–H and O–H groups in total. The second kappa shape index (κ2) is 7.43. The summed E-state index contributed by atoms with van der Waals surface area (Å²) in [6.07, 6.45) is 10.6. The summed E-state index contributed by atoms with van der Waals surface area (Å²) in [5, 5.41) is 0. The Morgan fingerprint density at radius 3 is 2.83 bits per heavy atom. The van der Waals surface area contributed by atoms with Gasteiger partial charge in [0, 0.05) is 49.1 Å².